The molecule has 0 saturated heterocycles. The lowest BCUT2D eigenvalue weighted by Crippen LogP contribution is -1.96. The SMILES string of the molecule is OCc1cccc2cc(Cl)nn12. The number of fused-ring (bicyclic) bond motifs is 1. The van der Waals surface area contributed by atoms with Crippen LogP contribution in [0.25, 0.3) is 5.52 Å². The van der Waals surface area contributed by atoms with E-state index >= 15 is 0 Å². The number of pyridine rings is 1. The Labute approximate surface area is 74.2 Å². The standard InChI is InChI=1S/C8H7ClN2O/c9-8-4-6-2-1-3-7(5-12)11(6)10-8/h1-4,12H,5H2. The fraction of sp³-hybridized carbons (Fsp3) is 0.125. The summed E-state index contributed by atoms with van der Waals surface area (Å²) in [6.07, 6.45) is 0. The van der Waals surface area contributed by atoms with Gasteiger partial charge in [-0.05, 0) is 12.1 Å². The molecule has 0 spiro atoms. The molecule has 3 nitrogen and oxygen atoms in total. The molecule has 0 amide bonds. The Bertz CT molecular complexity index is 410. The van der Waals surface area contributed by atoms with Gasteiger partial charge in [0, 0.05) is 6.07 Å². The molecule has 4 heteroatoms. The van der Waals surface area contributed by atoms with E-state index in [-0.39, 0.29) is 6.61 Å². The molecule has 0 saturated carbocycles. The molecule has 0 fully saturated rings. The molecule has 0 aliphatic carbocycles. The van der Waals surface area contributed by atoms with Gasteiger partial charge in [-0.25, -0.2) is 4.52 Å². The quantitative estimate of drug-likeness (QED) is 0.726. The summed E-state index contributed by atoms with van der Waals surface area (Å²) >= 11 is 5.70. The summed E-state index contributed by atoms with van der Waals surface area (Å²) in [7, 11) is 0. The van der Waals surface area contributed by atoms with E-state index in [9.17, 15) is 0 Å². The van der Waals surface area contributed by atoms with Crippen molar-refractivity contribution < 1.29 is 5.11 Å². The van der Waals surface area contributed by atoms with Crippen LogP contribution in [0.3, 0.4) is 0 Å². The summed E-state index contributed by atoms with van der Waals surface area (Å²) < 4.78 is 1.63. The van der Waals surface area contributed by atoms with Crippen LogP contribution in [-0.4, -0.2) is 14.7 Å². The number of rotatable bonds is 1. The lowest BCUT2D eigenvalue weighted by molar-refractivity contribution is 0.273. The number of nitrogens with zero attached hydrogens (tertiary/aromatic N) is 2. The predicted octanol–water partition coefficient (Wildman–Crippen LogP) is 1.48. The lowest BCUT2D eigenvalue weighted by atomic mass is 10.3. The maximum atomic E-state index is 8.94. The van der Waals surface area contributed by atoms with Gasteiger partial charge in [-0.1, -0.05) is 17.7 Å². The number of halogens is 1. The Morgan fingerprint density at radius 2 is 2.33 bits per heavy atom. The Morgan fingerprint density at radius 3 is 3.08 bits per heavy atom. The van der Waals surface area contributed by atoms with E-state index in [4.69, 9.17) is 16.7 Å². The molecular formula is C8H7ClN2O. The average molecular weight is 183 g/mol. The molecule has 0 aliphatic rings. The maximum Gasteiger partial charge on any atom is 0.152 e. The van der Waals surface area contributed by atoms with Crippen LogP contribution in [0.4, 0.5) is 0 Å². The van der Waals surface area contributed by atoms with Crippen LogP contribution >= 0.6 is 11.6 Å². The van der Waals surface area contributed by atoms with Gasteiger partial charge in [0.1, 0.15) is 0 Å². The van der Waals surface area contributed by atoms with Gasteiger partial charge in [-0.15, -0.1) is 0 Å². The zero-order chi connectivity index (χ0) is 8.55. The second kappa shape index (κ2) is 2.77. The molecular weight excluding hydrogens is 176 g/mol. The van der Waals surface area contributed by atoms with Gasteiger partial charge in [-0.3, -0.25) is 0 Å². The molecule has 62 valence electrons. The molecule has 2 rings (SSSR count). The summed E-state index contributed by atoms with van der Waals surface area (Å²) in [6.45, 7) is -0.0324. The highest BCUT2D eigenvalue weighted by Crippen LogP contribution is 2.12. The second-order valence-corrected chi connectivity index (χ2v) is 2.87. The monoisotopic (exact) mass is 182 g/mol. The third-order valence-corrected chi connectivity index (χ3v) is 1.88. The molecule has 0 aromatic carbocycles. The number of aromatic nitrogens is 2. The third kappa shape index (κ3) is 1.07. The summed E-state index contributed by atoms with van der Waals surface area (Å²) in [5, 5.41) is 13.4. The van der Waals surface area contributed by atoms with E-state index in [2.05, 4.69) is 5.10 Å². The van der Waals surface area contributed by atoms with Gasteiger partial charge in [-0.2, -0.15) is 5.10 Å². The first kappa shape index (κ1) is 7.58. The van der Waals surface area contributed by atoms with Crippen LogP contribution in [-0.2, 0) is 6.61 Å². The highest BCUT2D eigenvalue weighted by atomic mass is 35.5. The van der Waals surface area contributed by atoms with Crippen molar-refractivity contribution in [2.45, 2.75) is 6.61 Å². The fourth-order valence-electron chi connectivity index (χ4n) is 1.16. The summed E-state index contributed by atoms with van der Waals surface area (Å²) in [5.41, 5.74) is 1.63. The molecule has 12 heavy (non-hydrogen) atoms. The summed E-state index contributed by atoms with van der Waals surface area (Å²) in [4.78, 5) is 0. The highest BCUT2D eigenvalue weighted by molar-refractivity contribution is 6.29. The van der Waals surface area contributed by atoms with Crippen molar-refractivity contribution in [3.63, 3.8) is 0 Å². The molecule has 1 N–H and O–H groups in total. The molecule has 0 aliphatic heterocycles. The molecule has 0 unspecified atom stereocenters. The zero-order valence-corrected chi connectivity index (χ0v) is 6.99. The van der Waals surface area contributed by atoms with E-state index < -0.39 is 0 Å². The maximum absolute atomic E-state index is 8.94. The van der Waals surface area contributed by atoms with Crippen LogP contribution in [0.1, 0.15) is 5.69 Å². The normalized spacial score (nSPS) is 10.8. The van der Waals surface area contributed by atoms with Crippen molar-refractivity contribution in [1.82, 2.24) is 9.61 Å². The first-order valence-corrected chi connectivity index (χ1v) is 3.93. The van der Waals surface area contributed by atoms with Crippen molar-refractivity contribution in [2.24, 2.45) is 0 Å². The zero-order valence-electron chi connectivity index (χ0n) is 6.24. The number of hydrogen-bond acceptors (Lipinski definition) is 2. The Kier molecular flexibility index (Phi) is 1.75. The van der Waals surface area contributed by atoms with Crippen LogP contribution in [0.2, 0.25) is 5.15 Å². The number of aliphatic hydroxyl groups excluding tert-OH is 1. The summed E-state index contributed by atoms with van der Waals surface area (Å²) in [6, 6.07) is 7.30. The van der Waals surface area contributed by atoms with Crippen LogP contribution < -0.4 is 0 Å². The molecule has 2 aromatic heterocycles. The Morgan fingerprint density at radius 1 is 1.50 bits per heavy atom. The second-order valence-electron chi connectivity index (χ2n) is 2.48. The largest absolute Gasteiger partial charge is 0.390 e. The van der Waals surface area contributed by atoms with E-state index in [1.54, 1.807) is 16.6 Å². The smallest absolute Gasteiger partial charge is 0.152 e. The molecule has 2 heterocycles. The molecule has 0 atom stereocenters. The Hall–Kier alpha value is -1.06. The fourth-order valence-corrected chi connectivity index (χ4v) is 1.35. The van der Waals surface area contributed by atoms with Gasteiger partial charge >= 0.3 is 0 Å². The third-order valence-electron chi connectivity index (χ3n) is 1.70. The van der Waals surface area contributed by atoms with Crippen molar-refractivity contribution in [3.05, 3.63) is 35.1 Å². The van der Waals surface area contributed by atoms with Gasteiger partial charge in [0.25, 0.3) is 0 Å². The molecule has 2 aromatic rings. The van der Waals surface area contributed by atoms with Crippen molar-refractivity contribution in [2.75, 3.05) is 0 Å². The lowest BCUT2D eigenvalue weighted by Gasteiger charge is -1.98. The highest BCUT2D eigenvalue weighted by Gasteiger charge is 2.01. The minimum Gasteiger partial charge on any atom is -0.390 e. The minimum atomic E-state index is -0.0324. The van der Waals surface area contributed by atoms with Gasteiger partial charge in [0.05, 0.1) is 17.8 Å². The van der Waals surface area contributed by atoms with Crippen LogP contribution in [0, 0.1) is 0 Å². The van der Waals surface area contributed by atoms with Gasteiger partial charge < -0.3 is 5.11 Å². The first-order chi connectivity index (χ1) is 5.81. The minimum absolute atomic E-state index is 0.0324. The van der Waals surface area contributed by atoms with Crippen molar-refractivity contribution in [3.8, 4) is 0 Å². The Balaban J connectivity index is 2.78. The number of hydrogen-bond donors (Lipinski definition) is 1. The van der Waals surface area contributed by atoms with E-state index in [1.807, 2.05) is 12.1 Å². The van der Waals surface area contributed by atoms with Crippen molar-refractivity contribution >= 4 is 17.1 Å². The predicted molar refractivity (Wildman–Crippen MR) is 46.1 cm³/mol. The molecule has 0 radical (unpaired) electrons. The van der Waals surface area contributed by atoms with Crippen LogP contribution in [0.15, 0.2) is 24.3 Å². The first-order valence-electron chi connectivity index (χ1n) is 3.55. The van der Waals surface area contributed by atoms with E-state index in [1.165, 1.54) is 0 Å². The van der Waals surface area contributed by atoms with E-state index in [0.29, 0.717) is 5.15 Å². The molecule has 0 bridgehead atoms. The number of aliphatic hydroxyl groups is 1. The van der Waals surface area contributed by atoms with Crippen molar-refractivity contribution in [1.29, 1.82) is 0 Å². The van der Waals surface area contributed by atoms with Gasteiger partial charge in [0.15, 0.2) is 5.15 Å². The average Bonchev–Trinajstić information content (AvgIpc) is 2.44. The van der Waals surface area contributed by atoms with Crippen LogP contribution in [0.5, 0.6) is 0 Å². The topological polar surface area (TPSA) is 37.5 Å². The van der Waals surface area contributed by atoms with Gasteiger partial charge in [0.2, 0.25) is 0 Å². The van der Waals surface area contributed by atoms with E-state index in [0.717, 1.165) is 11.2 Å². The summed E-state index contributed by atoms with van der Waals surface area (Å²) in [5.74, 6) is 0.